The first-order valence-corrected chi connectivity index (χ1v) is 16.6. The number of fused-ring (bicyclic) bond motifs is 7. The summed E-state index contributed by atoms with van der Waals surface area (Å²) in [6, 6.07) is 62.0. The first kappa shape index (κ1) is 27.5. The summed E-state index contributed by atoms with van der Waals surface area (Å²) in [7, 11) is 0. The molecule has 3 heteroatoms. The molecular weight excluding hydrogens is 599 g/mol. The van der Waals surface area contributed by atoms with Gasteiger partial charge in [-0.15, -0.1) is 0 Å². The Morgan fingerprint density at radius 2 is 1.04 bits per heavy atom. The van der Waals surface area contributed by atoms with Crippen molar-refractivity contribution in [3.05, 3.63) is 176 Å². The minimum Gasteiger partial charge on any atom is -0.456 e. The van der Waals surface area contributed by atoms with Crippen LogP contribution in [-0.4, -0.2) is 0 Å². The third-order valence-corrected chi connectivity index (χ3v) is 9.64. The van der Waals surface area contributed by atoms with E-state index < -0.39 is 0 Å². The van der Waals surface area contributed by atoms with Crippen LogP contribution in [0.4, 0.5) is 17.1 Å². The van der Waals surface area contributed by atoms with Crippen molar-refractivity contribution in [3.8, 4) is 22.3 Å². The summed E-state index contributed by atoms with van der Waals surface area (Å²) in [4.78, 5) is 2.30. The summed E-state index contributed by atoms with van der Waals surface area (Å²) in [5.41, 5.74) is 11.0. The zero-order valence-electron chi connectivity index (χ0n) is 26.5. The average Bonchev–Trinajstić information content (AvgIpc) is 3.74. The van der Waals surface area contributed by atoms with Gasteiger partial charge in [-0.2, -0.15) is 0 Å². The Morgan fingerprint density at radius 3 is 1.88 bits per heavy atom. The summed E-state index contributed by atoms with van der Waals surface area (Å²) in [5, 5.41) is 6.87. The molecule has 0 bridgehead atoms. The molecule has 10 aromatic rings. The molecule has 2 heterocycles. The Kier molecular flexibility index (Phi) is 6.18. The van der Waals surface area contributed by atoms with Crippen molar-refractivity contribution in [1.82, 2.24) is 0 Å². The molecule has 0 radical (unpaired) electrons. The van der Waals surface area contributed by atoms with Crippen LogP contribution in [0.15, 0.2) is 185 Å². The molecule has 0 spiro atoms. The molecule has 8 aromatic carbocycles. The Balaban J connectivity index is 1.22. The molecule has 0 atom stereocenters. The number of anilines is 3. The molecule has 0 N–H and O–H groups in total. The summed E-state index contributed by atoms with van der Waals surface area (Å²) in [6.45, 7) is 0. The normalized spacial score (nSPS) is 11.7. The molecule has 0 amide bonds. The lowest BCUT2D eigenvalue weighted by molar-refractivity contribution is 0.667. The van der Waals surface area contributed by atoms with Crippen LogP contribution >= 0.6 is 0 Å². The van der Waals surface area contributed by atoms with Crippen molar-refractivity contribution in [1.29, 1.82) is 0 Å². The lowest BCUT2D eigenvalue weighted by atomic mass is 9.97. The summed E-state index contributed by atoms with van der Waals surface area (Å²) in [6.07, 6.45) is 0. The monoisotopic (exact) mass is 627 g/mol. The topological polar surface area (TPSA) is 29.5 Å². The van der Waals surface area contributed by atoms with Gasteiger partial charge in [0.2, 0.25) is 0 Å². The van der Waals surface area contributed by atoms with Gasteiger partial charge in [-0.1, -0.05) is 127 Å². The molecule has 0 aliphatic carbocycles. The molecule has 0 saturated carbocycles. The van der Waals surface area contributed by atoms with Gasteiger partial charge in [0, 0.05) is 33.3 Å². The molecule has 3 nitrogen and oxygen atoms in total. The van der Waals surface area contributed by atoms with Crippen LogP contribution < -0.4 is 4.90 Å². The van der Waals surface area contributed by atoms with Crippen LogP contribution in [0, 0.1) is 0 Å². The maximum absolute atomic E-state index is 6.63. The van der Waals surface area contributed by atoms with Crippen LogP contribution in [0.5, 0.6) is 0 Å². The highest BCUT2D eigenvalue weighted by Crippen LogP contribution is 2.46. The van der Waals surface area contributed by atoms with Crippen molar-refractivity contribution in [2.45, 2.75) is 0 Å². The number of para-hydroxylation sites is 3. The highest BCUT2D eigenvalue weighted by Gasteiger charge is 2.23. The van der Waals surface area contributed by atoms with Gasteiger partial charge in [0.25, 0.3) is 0 Å². The summed E-state index contributed by atoms with van der Waals surface area (Å²) in [5.74, 6) is 0. The average molecular weight is 628 g/mol. The van der Waals surface area contributed by atoms with Crippen molar-refractivity contribution >= 4 is 71.7 Å². The van der Waals surface area contributed by atoms with Gasteiger partial charge in [-0.05, 0) is 75.5 Å². The predicted molar refractivity (Wildman–Crippen MR) is 204 cm³/mol. The number of rotatable bonds is 5. The number of furan rings is 2. The molecule has 49 heavy (non-hydrogen) atoms. The second-order valence-electron chi connectivity index (χ2n) is 12.5. The second kappa shape index (κ2) is 11.0. The molecule has 0 aliphatic heterocycles. The lowest BCUT2D eigenvalue weighted by Crippen LogP contribution is -2.10. The van der Waals surface area contributed by atoms with Crippen LogP contribution in [0.3, 0.4) is 0 Å². The smallest absolute Gasteiger partial charge is 0.159 e. The van der Waals surface area contributed by atoms with Crippen LogP contribution in [-0.2, 0) is 0 Å². The zero-order valence-corrected chi connectivity index (χ0v) is 26.5. The number of hydrogen-bond donors (Lipinski definition) is 0. The SMILES string of the molecule is c1ccc(-c2cc(N(c3ccc(-c4ccc5ccccc5c4)cc3)c3cccc4c3oc3ccccc34)cc3oc4ccccc4c23)cc1. The second-order valence-corrected chi connectivity index (χ2v) is 12.5. The van der Waals surface area contributed by atoms with E-state index in [0.717, 1.165) is 77.6 Å². The van der Waals surface area contributed by atoms with Crippen molar-refractivity contribution in [3.63, 3.8) is 0 Å². The fourth-order valence-electron chi connectivity index (χ4n) is 7.32. The number of nitrogens with zero attached hydrogens (tertiary/aromatic N) is 1. The van der Waals surface area contributed by atoms with Gasteiger partial charge in [-0.25, -0.2) is 0 Å². The minimum absolute atomic E-state index is 0.840. The largest absolute Gasteiger partial charge is 0.456 e. The third kappa shape index (κ3) is 4.51. The van der Waals surface area contributed by atoms with Crippen LogP contribution in [0.2, 0.25) is 0 Å². The molecule has 2 aromatic heterocycles. The van der Waals surface area contributed by atoms with Crippen LogP contribution in [0.1, 0.15) is 0 Å². The Morgan fingerprint density at radius 1 is 0.367 bits per heavy atom. The van der Waals surface area contributed by atoms with Crippen molar-refractivity contribution < 1.29 is 8.83 Å². The Labute approximate surface area is 282 Å². The first-order valence-electron chi connectivity index (χ1n) is 16.6. The number of benzene rings is 8. The third-order valence-electron chi connectivity index (χ3n) is 9.64. The molecule has 0 saturated heterocycles. The van der Waals surface area contributed by atoms with E-state index in [1.54, 1.807) is 0 Å². The van der Waals surface area contributed by atoms with Gasteiger partial charge in [0.1, 0.15) is 16.7 Å². The van der Waals surface area contributed by atoms with E-state index in [-0.39, 0.29) is 0 Å². The highest BCUT2D eigenvalue weighted by atomic mass is 16.3. The fraction of sp³-hybridized carbons (Fsp3) is 0. The van der Waals surface area contributed by atoms with E-state index in [1.165, 1.54) is 16.3 Å². The molecule has 0 fully saturated rings. The van der Waals surface area contributed by atoms with Gasteiger partial charge in [0.05, 0.1) is 11.4 Å². The van der Waals surface area contributed by atoms with Gasteiger partial charge in [-0.3, -0.25) is 0 Å². The standard InChI is InChI=1S/C46H29NO2/c1-2-12-32(13-3-1)40-28-36(29-44-45(40)39-16-7-9-20-43(39)48-44)47(41-18-10-17-38-37-15-6-8-19-42(37)49-46(38)41)35-25-23-31(24-26-35)34-22-21-30-11-4-5-14-33(30)27-34/h1-29H. The van der Waals surface area contributed by atoms with E-state index >= 15 is 0 Å². The maximum Gasteiger partial charge on any atom is 0.159 e. The molecule has 0 aliphatic rings. The lowest BCUT2D eigenvalue weighted by Gasteiger charge is -2.26. The molecule has 10 rings (SSSR count). The van der Waals surface area contributed by atoms with Crippen molar-refractivity contribution in [2.24, 2.45) is 0 Å². The van der Waals surface area contributed by atoms with E-state index in [9.17, 15) is 0 Å². The minimum atomic E-state index is 0.840. The number of hydrogen-bond acceptors (Lipinski definition) is 3. The quantitative estimate of drug-likeness (QED) is 0.190. The van der Waals surface area contributed by atoms with Crippen LogP contribution in [0.25, 0.3) is 76.9 Å². The molecule has 0 unspecified atom stereocenters. The Bertz CT molecular complexity index is 2830. The van der Waals surface area contributed by atoms with E-state index in [0.29, 0.717) is 0 Å². The predicted octanol–water partition coefficient (Wildman–Crippen LogP) is 13.4. The first-order chi connectivity index (χ1) is 24.3. The van der Waals surface area contributed by atoms with Gasteiger partial charge < -0.3 is 13.7 Å². The molecule has 230 valence electrons. The van der Waals surface area contributed by atoms with Gasteiger partial charge in [0.15, 0.2) is 5.58 Å². The summed E-state index contributed by atoms with van der Waals surface area (Å²) >= 11 is 0. The summed E-state index contributed by atoms with van der Waals surface area (Å²) < 4.78 is 13.2. The van der Waals surface area contributed by atoms with Crippen molar-refractivity contribution in [2.75, 3.05) is 4.90 Å². The van der Waals surface area contributed by atoms with E-state index in [2.05, 4.69) is 157 Å². The van der Waals surface area contributed by atoms with E-state index in [1.807, 2.05) is 24.3 Å². The van der Waals surface area contributed by atoms with E-state index in [4.69, 9.17) is 8.83 Å². The fourth-order valence-corrected chi connectivity index (χ4v) is 7.32. The zero-order chi connectivity index (χ0) is 32.3. The maximum atomic E-state index is 6.63. The highest BCUT2D eigenvalue weighted by molar-refractivity contribution is 6.15. The molecular formula is C46H29NO2. The van der Waals surface area contributed by atoms with Gasteiger partial charge >= 0.3 is 0 Å². The Hall–Kier alpha value is -6.58.